The van der Waals surface area contributed by atoms with Crippen molar-refractivity contribution in [3.63, 3.8) is 0 Å². The van der Waals surface area contributed by atoms with Crippen LogP contribution in [-0.4, -0.2) is 16.9 Å². The maximum Gasteiger partial charge on any atom is 0.172 e. The summed E-state index contributed by atoms with van der Waals surface area (Å²) in [6.45, 7) is 3.81. The molecule has 1 unspecified atom stereocenters. The predicted octanol–water partition coefficient (Wildman–Crippen LogP) is 1.25. The minimum absolute atomic E-state index is 0.506. The van der Waals surface area contributed by atoms with E-state index in [1.807, 2.05) is 20.9 Å². The Morgan fingerprint density at radius 1 is 1.54 bits per heavy atom. The highest BCUT2D eigenvalue weighted by Crippen LogP contribution is 2.22. The van der Waals surface area contributed by atoms with Gasteiger partial charge in [-0.2, -0.15) is 10.4 Å². The summed E-state index contributed by atoms with van der Waals surface area (Å²) in [5.41, 5.74) is 2.71. The van der Waals surface area contributed by atoms with Crippen LogP contribution in [0.4, 0.5) is 0 Å². The lowest BCUT2D eigenvalue weighted by atomic mass is 10.1. The van der Waals surface area contributed by atoms with E-state index in [2.05, 4.69) is 11.2 Å². The molecule has 13 heavy (non-hydrogen) atoms. The molecule has 0 aromatic carbocycles. The molecule has 0 aliphatic carbocycles. The normalized spacial score (nSPS) is 12.5. The largest absolute Gasteiger partial charge is 0.362 e. The Hall–Kier alpha value is -1.34. The van der Waals surface area contributed by atoms with Gasteiger partial charge in [0.15, 0.2) is 6.10 Å². The quantitative estimate of drug-likeness (QED) is 0.686. The molecule has 0 spiro atoms. The van der Waals surface area contributed by atoms with Crippen LogP contribution in [0.2, 0.25) is 0 Å². The minimum Gasteiger partial charge on any atom is -0.362 e. The molecular weight excluding hydrogens is 166 g/mol. The van der Waals surface area contributed by atoms with Crippen LogP contribution in [-0.2, 0) is 11.8 Å². The Labute approximate surface area is 77.7 Å². The molecule has 0 amide bonds. The Kier molecular flexibility index (Phi) is 2.69. The van der Waals surface area contributed by atoms with Crippen molar-refractivity contribution < 1.29 is 4.74 Å². The van der Waals surface area contributed by atoms with Gasteiger partial charge >= 0.3 is 0 Å². The molecule has 0 aliphatic heterocycles. The second kappa shape index (κ2) is 3.58. The van der Waals surface area contributed by atoms with E-state index in [9.17, 15) is 0 Å². The third-order valence-corrected chi connectivity index (χ3v) is 2.18. The van der Waals surface area contributed by atoms with Crippen molar-refractivity contribution in [1.29, 1.82) is 5.26 Å². The van der Waals surface area contributed by atoms with E-state index < -0.39 is 6.10 Å². The molecule has 1 heterocycles. The molecule has 1 aromatic rings. The minimum atomic E-state index is -0.506. The smallest absolute Gasteiger partial charge is 0.172 e. The predicted molar refractivity (Wildman–Crippen MR) is 48.0 cm³/mol. The van der Waals surface area contributed by atoms with Crippen LogP contribution in [0.15, 0.2) is 0 Å². The Balaban J connectivity index is 3.21. The van der Waals surface area contributed by atoms with Crippen molar-refractivity contribution >= 4 is 0 Å². The van der Waals surface area contributed by atoms with Crippen LogP contribution >= 0.6 is 0 Å². The molecular formula is C9H13N3O. The first kappa shape index (κ1) is 9.75. The summed E-state index contributed by atoms with van der Waals surface area (Å²) in [6, 6.07) is 2.09. The van der Waals surface area contributed by atoms with E-state index in [1.165, 1.54) is 7.11 Å². The number of rotatable bonds is 2. The summed E-state index contributed by atoms with van der Waals surface area (Å²) >= 11 is 0. The summed E-state index contributed by atoms with van der Waals surface area (Å²) in [4.78, 5) is 0. The van der Waals surface area contributed by atoms with Gasteiger partial charge < -0.3 is 4.74 Å². The van der Waals surface area contributed by atoms with E-state index in [1.54, 1.807) is 4.68 Å². The summed E-state index contributed by atoms with van der Waals surface area (Å²) in [7, 11) is 3.38. The Morgan fingerprint density at radius 2 is 2.15 bits per heavy atom. The number of ether oxygens (including phenoxy) is 1. The molecule has 1 atom stereocenters. The average molecular weight is 179 g/mol. The van der Waals surface area contributed by atoms with Crippen LogP contribution in [0.25, 0.3) is 0 Å². The second-order valence-electron chi connectivity index (χ2n) is 2.95. The fraction of sp³-hybridized carbons (Fsp3) is 0.556. The van der Waals surface area contributed by atoms with Gasteiger partial charge in [0.1, 0.15) is 0 Å². The summed E-state index contributed by atoms with van der Waals surface area (Å²) in [5.74, 6) is 0. The third kappa shape index (κ3) is 1.56. The molecule has 0 fully saturated rings. The van der Waals surface area contributed by atoms with Crippen molar-refractivity contribution in [1.82, 2.24) is 9.78 Å². The first-order valence-electron chi connectivity index (χ1n) is 4.04. The zero-order valence-electron chi connectivity index (χ0n) is 8.33. The molecule has 4 heteroatoms. The van der Waals surface area contributed by atoms with Crippen molar-refractivity contribution in [2.24, 2.45) is 7.05 Å². The van der Waals surface area contributed by atoms with Crippen LogP contribution in [0, 0.1) is 25.2 Å². The molecule has 0 saturated carbocycles. The molecule has 0 saturated heterocycles. The van der Waals surface area contributed by atoms with Gasteiger partial charge in [-0.25, -0.2) is 0 Å². The molecule has 0 bridgehead atoms. The van der Waals surface area contributed by atoms with E-state index in [0.717, 1.165) is 17.0 Å². The first-order chi connectivity index (χ1) is 6.11. The van der Waals surface area contributed by atoms with Gasteiger partial charge in [-0.3, -0.25) is 4.68 Å². The Bertz CT molecular complexity index is 348. The molecule has 70 valence electrons. The van der Waals surface area contributed by atoms with E-state index in [4.69, 9.17) is 10.00 Å². The number of nitriles is 1. The van der Waals surface area contributed by atoms with Gasteiger partial charge in [0, 0.05) is 25.4 Å². The standard InChI is InChI=1S/C9H13N3O/c1-6-9(8(5-10)13-4)7(2)12(3)11-6/h8H,1-4H3. The number of methoxy groups -OCH3 is 1. The summed E-state index contributed by atoms with van der Waals surface area (Å²) in [6.07, 6.45) is -0.506. The lowest BCUT2D eigenvalue weighted by Crippen LogP contribution is -2.01. The maximum absolute atomic E-state index is 8.83. The van der Waals surface area contributed by atoms with Crippen LogP contribution in [0.5, 0.6) is 0 Å². The van der Waals surface area contributed by atoms with Gasteiger partial charge in [0.25, 0.3) is 0 Å². The molecule has 1 aromatic heterocycles. The average Bonchev–Trinajstić information content (AvgIpc) is 2.34. The zero-order chi connectivity index (χ0) is 10.0. The van der Waals surface area contributed by atoms with Crippen molar-refractivity contribution in [2.45, 2.75) is 20.0 Å². The topological polar surface area (TPSA) is 50.8 Å². The molecule has 0 aliphatic rings. The van der Waals surface area contributed by atoms with Gasteiger partial charge in [0.05, 0.1) is 11.8 Å². The van der Waals surface area contributed by atoms with Crippen LogP contribution in [0.3, 0.4) is 0 Å². The number of hydrogen-bond donors (Lipinski definition) is 0. The van der Waals surface area contributed by atoms with E-state index in [0.29, 0.717) is 0 Å². The highest BCUT2D eigenvalue weighted by molar-refractivity contribution is 5.30. The number of aryl methyl sites for hydroxylation is 2. The van der Waals surface area contributed by atoms with Gasteiger partial charge in [-0.05, 0) is 13.8 Å². The zero-order valence-corrected chi connectivity index (χ0v) is 8.33. The summed E-state index contributed by atoms with van der Waals surface area (Å²) < 4.78 is 6.80. The molecule has 0 radical (unpaired) electrons. The lowest BCUT2D eigenvalue weighted by molar-refractivity contribution is 0.147. The fourth-order valence-electron chi connectivity index (χ4n) is 1.40. The Morgan fingerprint density at radius 3 is 2.46 bits per heavy atom. The van der Waals surface area contributed by atoms with Crippen LogP contribution < -0.4 is 0 Å². The van der Waals surface area contributed by atoms with Gasteiger partial charge in [-0.15, -0.1) is 0 Å². The maximum atomic E-state index is 8.83. The number of aromatic nitrogens is 2. The molecule has 0 N–H and O–H groups in total. The highest BCUT2D eigenvalue weighted by Gasteiger charge is 2.18. The summed E-state index contributed by atoms with van der Waals surface area (Å²) in [5, 5.41) is 13.0. The van der Waals surface area contributed by atoms with Crippen molar-refractivity contribution in [2.75, 3.05) is 7.11 Å². The van der Waals surface area contributed by atoms with Gasteiger partial charge in [-0.1, -0.05) is 0 Å². The van der Waals surface area contributed by atoms with Crippen molar-refractivity contribution in [3.8, 4) is 6.07 Å². The number of nitrogens with zero attached hydrogens (tertiary/aromatic N) is 3. The first-order valence-corrected chi connectivity index (χ1v) is 4.04. The number of hydrogen-bond acceptors (Lipinski definition) is 3. The SMILES string of the molecule is COC(C#N)c1c(C)nn(C)c1C. The third-order valence-electron chi connectivity index (χ3n) is 2.18. The molecule has 1 rings (SSSR count). The fourth-order valence-corrected chi connectivity index (χ4v) is 1.40. The van der Waals surface area contributed by atoms with Crippen LogP contribution in [0.1, 0.15) is 23.1 Å². The monoisotopic (exact) mass is 179 g/mol. The van der Waals surface area contributed by atoms with Gasteiger partial charge in [0.2, 0.25) is 0 Å². The van der Waals surface area contributed by atoms with E-state index in [-0.39, 0.29) is 0 Å². The molecule has 4 nitrogen and oxygen atoms in total. The highest BCUT2D eigenvalue weighted by atomic mass is 16.5. The second-order valence-corrected chi connectivity index (χ2v) is 2.95. The van der Waals surface area contributed by atoms with Crippen molar-refractivity contribution in [3.05, 3.63) is 17.0 Å². The van der Waals surface area contributed by atoms with E-state index >= 15 is 0 Å². The lowest BCUT2D eigenvalue weighted by Gasteiger charge is -2.06.